The van der Waals surface area contributed by atoms with Crippen molar-refractivity contribution in [3.05, 3.63) is 51.2 Å². The number of nitro benzene ring substituents is 1. The number of carbonyl (C=O) groups is 1. The summed E-state index contributed by atoms with van der Waals surface area (Å²) in [4.78, 5) is 22.8. The first kappa shape index (κ1) is 19.6. The Morgan fingerprint density at radius 2 is 2.07 bits per heavy atom. The zero-order chi connectivity index (χ0) is 21.0. The molecule has 29 heavy (non-hydrogen) atoms. The third-order valence-corrected chi connectivity index (χ3v) is 7.38. The monoisotopic (exact) mass is 415 g/mol. The molecule has 2 saturated carbocycles. The van der Waals surface area contributed by atoms with Crippen LogP contribution in [-0.4, -0.2) is 16.5 Å². The molecule has 7 nitrogen and oxygen atoms in total. The van der Waals surface area contributed by atoms with Crippen LogP contribution in [0.5, 0.6) is 0 Å². The number of non-ortho nitro benzene ring substituents is 1. The summed E-state index contributed by atoms with van der Waals surface area (Å²) in [7, 11) is 0. The summed E-state index contributed by atoms with van der Waals surface area (Å²) in [5.74, 6) is 0.621. The van der Waals surface area contributed by atoms with Gasteiger partial charge in [0.25, 0.3) is 5.69 Å². The highest BCUT2D eigenvalue weighted by Crippen LogP contribution is 2.63. The Bertz CT molecular complexity index is 1040. The van der Waals surface area contributed by atoms with Gasteiger partial charge in [-0.25, -0.2) is 5.43 Å². The molecule has 0 radical (unpaired) electrons. The number of hydrazone groups is 1. The van der Waals surface area contributed by atoms with Crippen molar-refractivity contribution in [3.63, 3.8) is 0 Å². The van der Waals surface area contributed by atoms with E-state index in [-0.39, 0.29) is 27.3 Å². The first-order valence-electron chi connectivity index (χ1n) is 9.55. The maximum atomic E-state index is 12.5. The van der Waals surface area contributed by atoms with E-state index in [2.05, 4.69) is 31.3 Å². The SMILES string of the molecule is CC1(C)[C@H]2CC[C@@]1(C)/C(=N/NC(=O)c1ccc(-c3ccc([N+](=O)[O-])cc3Cl)o1)C2. The first-order valence-corrected chi connectivity index (χ1v) is 9.93. The Kier molecular flexibility index (Phi) is 4.53. The zero-order valence-electron chi connectivity index (χ0n) is 16.5. The van der Waals surface area contributed by atoms with Gasteiger partial charge in [0.15, 0.2) is 5.76 Å². The zero-order valence-corrected chi connectivity index (χ0v) is 17.2. The van der Waals surface area contributed by atoms with Gasteiger partial charge in [-0.05, 0) is 48.8 Å². The quantitative estimate of drug-likeness (QED) is 0.530. The van der Waals surface area contributed by atoms with Gasteiger partial charge in [0.2, 0.25) is 0 Å². The highest BCUT2D eigenvalue weighted by Gasteiger charge is 2.60. The van der Waals surface area contributed by atoms with Crippen molar-refractivity contribution < 1.29 is 14.1 Å². The van der Waals surface area contributed by atoms with Gasteiger partial charge in [-0.15, -0.1) is 0 Å². The number of furan rings is 1. The second-order valence-corrected chi connectivity index (χ2v) is 8.99. The number of fused-ring (bicyclic) bond motifs is 2. The molecule has 1 heterocycles. The Hall–Kier alpha value is -2.67. The number of benzene rings is 1. The van der Waals surface area contributed by atoms with Crippen molar-refractivity contribution in [2.45, 2.75) is 40.0 Å². The normalized spacial score (nSPS) is 26.1. The molecule has 2 aliphatic carbocycles. The lowest BCUT2D eigenvalue weighted by Crippen LogP contribution is -2.34. The van der Waals surface area contributed by atoms with Gasteiger partial charge in [0.1, 0.15) is 5.76 Å². The molecule has 2 bridgehead atoms. The average Bonchev–Trinajstić information content (AvgIpc) is 3.29. The lowest BCUT2D eigenvalue weighted by atomic mass is 9.70. The van der Waals surface area contributed by atoms with Crippen LogP contribution in [0.2, 0.25) is 5.02 Å². The molecule has 2 aliphatic rings. The molecule has 2 aromatic rings. The van der Waals surface area contributed by atoms with Crippen LogP contribution in [0.4, 0.5) is 5.69 Å². The number of nitrogens with zero attached hydrogens (tertiary/aromatic N) is 2. The smallest absolute Gasteiger partial charge is 0.307 e. The summed E-state index contributed by atoms with van der Waals surface area (Å²) >= 11 is 6.14. The van der Waals surface area contributed by atoms with Crippen LogP contribution >= 0.6 is 11.6 Å². The Balaban J connectivity index is 1.51. The third-order valence-electron chi connectivity index (χ3n) is 7.06. The van der Waals surface area contributed by atoms with Crippen LogP contribution < -0.4 is 5.43 Å². The number of amides is 1. The molecular formula is C21H22ClN3O4. The lowest BCUT2D eigenvalue weighted by molar-refractivity contribution is -0.384. The summed E-state index contributed by atoms with van der Waals surface area (Å²) in [6.45, 7) is 6.79. The number of carbonyl (C=O) groups excluding carboxylic acids is 1. The minimum Gasteiger partial charge on any atom is -0.451 e. The van der Waals surface area contributed by atoms with E-state index < -0.39 is 10.8 Å². The predicted octanol–water partition coefficient (Wildman–Crippen LogP) is 5.44. The van der Waals surface area contributed by atoms with Gasteiger partial charge in [0.05, 0.1) is 9.95 Å². The molecule has 0 spiro atoms. The fourth-order valence-corrected chi connectivity index (χ4v) is 4.96. The maximum Gasteiger partial charge on any atom is 0.307 e. The Morgan fingerprint density at radius 1 is 1.31 bits per heavy atom. The van der Waals surface area contributed by atoms with Crippen molar-refractivity contribution in [2.75, 3.05) is 0 Å². The number of hydrogen-bond donors (Lipinski definition) is 1. The fourth-order valence-electron chi connectivity index (χ4n) is 4.69. The number of nitro groups is 1. The van der Waals surface area contributed by atoms with E-state index >= 15 is 0 Å². The van der Waals surface area contributed by atoms with Gasteiger partial charge < -0.3 is 4.42 Å². The molecule has 1 amide bonds. The van der Waals surface area contributed by atoms with Crippen LogP contribution in [0.3, 0.4) is 0 Å². The van der Waals surface area contributed by atoms with E-state index in [9.17, 15) is 14.9 Å². The second-order valence-electron chi connectivity index (χ2n) is 8.58. The molecule has 2 atom stereocenters. The summed E-state index contributed by atoms with van der Waals surface area (Å²) in [6.07, 6.45) is 3.20. The summed E-state index contributed by atoms with van der Waals surface area (Å²) < 4.78 is 5.62. The van der Waals surface area contributed by atoms with Crippen LogP contribution in [-0.2, 0) is 0 Å². The molecule has 1 aromatic carbocycles. The van der Waals surface area contributed by atoms with E-state index in [1.54, 1.807) is 6.07 Å². The van der Waals surface area contributed by atoms with Crippen molar-refractivity contribution >= 4 is 28.9 Å². The number of halogens is 1. The van der Waals surface area contributed by atoms with Crippen LogP contribution in [0.25, 0.3) is 11.3 Å². The van der Waals surface area contributed by atoms with Crippen molar-refractivity contribution in [1.29, 1.82) is 0 Å². The van der Waals surface area contributed by atoms with E-state index in [0.717, 1.165) is 18.6 Å². The molecule has 1 aromatic heterocycles. The van der Waals surface area contributed by atoms with Crippen molar-refractivity contribution in [3.8, 4) is 11.3 Å². The Labute approximate surface area is 173 Å². The van der Waals surface area contributed by atoms with Gasteiger partial charge in [-0.2, -0.15) is 5.10 Å². The molecule has 8 heteroatoms. The summed E-state index contributed by atoms with van der Waals surface area (Å²) in [5, 5.41) is 15.5. The molecule has 2 fully saturated rings. The highest BCUT2D eigenvalue weighted by atomic mass is 35.5. The van der Waals surface area contributed by atoms with Gasteiger partial charge in [0, 0.05) is 28.8 Å². The fraction of sp³-hybridized carbons (Fsp3) is 0.429. The number of rotatable bonds is 4. The largest absolute Gasteiger partial charge is 0.451 e. The predicted molar refractivity (Wildman–Crippen MR) is 110 cm³/mol. The van der Waals surface area contributed by atoms with Crippen molar-refractivity contribution in [1.82, 2.24) is 5.43 Å². The molecular weight excluding hydrogens is 394 g/mol. The van der Waals surface area contributed by atoms with E-state index in [0.29, 0.717) is 17.2 Å². The highest BCUT2D eigenvalue weighted by molar-refractivity contribution is 6.33. The van der Waals surface area contributed by atoms with Gasteiger partial charge >= 0.3 is 5.91 Å². The second kappa shape index (κ2) is 6.69. The van der Waals surface area contributed by atoms with E-state index in [4.69, 9.17) is 16.0 Å². The molecule has 152 valence electrons. The molecule has 0 aliphatic heterocycles. The number of nitrogens with one attached hydrogen (secondary N) is 1. The van der Waals surface area contributed by atoms with E-state index in [1.807, 2.05) is 0 Å². The third kappa shape index (κ3) is 3.04. The molecule has 0 saturated heterocycles. The van der Waals surface area contributed by atoms with Crippen LogP contribution in [0.15, 0.2) is 39.9 Å². The molecule has 1 N–H and O–H groups in total. The molecule has 0 unspecified atom stereocenters. The summed E-state index contributed by atoms with van der Waals surface area (Å²) in [6, 6.07) is 7.24. The summed E-state index contributed by atoms with van der Waals surface area (Å²) in [5.41, 5.74) is 4.22. The standard InChI is InChI=1S/C21H22ClN3O4/c1-20(2)12-8-9-21(20,3)18(10-12)23-24-19(26)17-7-6-16(29-17)14-5-4-13(25(27)28)11-15(14)22/h4-7,11-12H,8-10H2,1-3H3,(H,24,26)/b23-18+/t12-,21-/m0/s1. The van der Waals surface area contributed by atoms with Crippen LogP contribution in [0.1, 0.15) is 50.6 Å². The van der Waals surface area contributed by atoms with Crippen LogP contribution in [0, 0.1) is 26.9 Å². The minimum absolute atomic E-state index is 0.00551. The topological polar surface area (TPSA) is 97.7 Å². The van der Waals surface area contributed by atoms with Gasteiger partial charge in [-0.1, -0.05) is 32.4 Å². The number of hydrogen-bond acceptors (Lipinski definition) is 5. The Morgan fingerprint density at radius 3 is 2.66 bits per heavy atom. The first-order chi connectivity index (χ1) is 13.6. The maximum absolute atomic E-state index is 12.5. The van der Waals surface area contributed by atoms with Gasteiger partial charge in [-0.3, -0.25) is 14.9 Å². The average molecular weight is 416 g/mol. The van der Waals surface area contributed by atoms with Crippen molar-refractivity contribution in [2.24, 2.45) is 21.8 Å². The minimum atomic E-state index is -0.521. The molecule has 4 rings (SSSR count). The lowest BCUT2D eigenvalue weighted by Gasteiger charge is -2.34. The van der Waals surface area contributed by atoms with E-state index in [1.165, 1.54) is 30.7 Å².